The molecule has 1 heterocycles. The summed E-state index contributed by atoms with van der Waals surface area (Å²) < 4.78 is 18.4. The van der Waals surface area contributed by atoms with Gasteiger partial charge in [0.2, 0.25) is 11.8 Å². The van der Waals surface area contributed by atoms with Crippen molar-refractivity contribution in [2.45, 2.75) is 11.3 Å². The number of rotatable bonds is 7. The molecule has 0 saturated heterocycles. The highest BCUT2D eigenvalue weighted by Crippen LogP contribution is 2.19. The Hall–Kier alpha value is -2.86. The smallest absolute Gasteiger partial charge is 0.244 e. The van der Waals surface area contributed by atoms with Gasteiger partial charge in [0.25, 0.3) is 0 Å². The number of amides is 1. The summed E-state index contributed by atoms with van der Waals surface area (Å²) >= 11 is 1.68. The molecule has 0 bridgehead atoms. The van der Waals surface area contributed by atoms with E-state index in [1.165, 1.54) is 23.1 Å². The van der Waals surface area contributed by atoms with E-state index in [2.05, 4.69) is 10.3 Å². The molecule has 0 fully saturated rings. The van der Waals surface area contributed by atoms with Crippen LogP contribution >= 0.6 is 11.8 Å². The fourth-order valence-electron chi connectivity index (χ4n) is 2.41. The Labute approximate surface area is 161 Å². The van der Waals surface area contributed by atoms with Gasteiger partial charge in [0.05, 0.1) is 5.69 Å². The number of halogens is 1. The second-order valence-electron chi connectivity index (χ2n) is 5.80. The minimum absolute atomic E-state index is 0.161. The van der Waals surface area contributed by atoms with E-state index in [-0.39, 0.29) is 11.7 Å². The molecule has 3 rings (SSSR count). The molecule has 0 unspecified atom stereocenters. The number of nitrogens with one attached hydrogen (secondary N) is 1. The Morgan fingerprint density at radius 2 is 1.93 bits per heavy atom. The molecule has 6 heteroatoms. The van der Waals surface area contributed by atoms with Crippen LogP contribution in [0.15, 0.2) is 70.2 Å². The summed E-state index contributed by atoms with van der Waals surface area (Å²) in [6.07, 6.45) is 7.42. The molecule has 0 radical (unpaired) electrons. The van der Waals surface area contributed by atoms with Gasteiger partial charge in [-0.05, 0) is 54.3 Å². The maximum atomic E-state index is 13.0. The number of aromatic nitrogens is 1. The predicted molar refractivity (Wildman–Crippen MR) is 106 cm³/mol. The fraction of sp³-hybridized carbons (Fsp3) is 0.143. The fourth-order valence-corrected chi connectivity index (χ4v) is 2.81. The number of hydrogen-bond donors (Lipinski definition) is 1. The van der Waals surface area contributed by atoms with Gasteiger partial charge in [0, 0.05) is 29.5 Å². The summed E-state index contributed by atoms with van der Waals surface area (Å²) in [5.41, 5.74) is 2.41. The molecule has 2 aromatic carbocycles. The molecular weight excluding hydrogens is 363 g/mol. The normalized spacial score (nSPS) is 11.0. The Morgan fingerprint density at radius 3 is 2.63 bits per heavy atom. The summed E-state index contributed by atoms with van der Waals surface area (Å²) in [5.74, 6) is -0.0300. The lowest BCUT2D eigenvalue weighted by molar-refractivity contribution is -0.116. The zero-order valence-electron chi connectivity index (χ0n) is 14.8. The Balaban J connectivity index is 1.47. The number of thioether (sulfide) groups is 1. The first-order valence-corrected chi connectivity index (χ1v) is 9.67. The van der Waals surface area contributed by atoms with Gasteiger partial charge in [-0.15, -0.1) is 11.8 Å². The van der Waals surface area contributed by atoms with Gasteiger partial charge in [0.1, 0.15) is 12.1 Å². The van der Waals surface area contributed by atoms with E-state index in [0.29, 0.717) is 24.4 Å². The van der Waals surface area contributed by atoms with Crippen molar-refractivity contribution in [2.75, 3.05) is 12.8 Å². The van der Waals surface area contributed by atoms with Crippen LogP contribution in [0.5, 0.6) is 0 Å². The molecule has 1 aromatic heterocycles. The summed E-state index contributed by atoms with van der Waals surface area (Å²) in [4.78, 5) is 17.4. The quantitative estimate of drug-likeness (QED) is 0.480. The lowest BCUT2D eigenvalue weighted by Gasteiger charge is -2.00. The molecule has 138 valence electrons. The van der Waals surface area contributed by atoms with E-state index in [4.69, 9.17) is 4.42 Å². The molecule has 1 N–H and O–H groups in total. The van der Waals surface area contributed by atoms with Crippen molar-refractivity contribution < 1.29 is 13.6 Å². The van der Waals surface area contributed by atoms with E-state index >= 15 is 0 Å². The van der Waals surface area contributed by atoms with Crippen LogP contribution in [0.3, 0.4) is 0 Å². The van der Waals surface area contributed by atoms with E-state index in [0.717, 1.165) is 11.3 Å². The molecule has 0 atom stereocenters. The Kier molecular flexibility index (Phi) is 6.44. The third-order valence-corrected chi connectivity index (χ3v) is 4.61. The molecule has 4 nitrogen and oxygen atoms in total. The highest BCUT2D eigenvalue weighted by atomic mass is 32.2. The average Bonchev–Trinajstić information content (AvgIpc) is 3.16. The second kappa shape index (κ2) is 9.19. The molecule has 0 saturated carbocycles. The van der Waals surface area contributed by atoms with Gasteiger partial charge in [0.15, 0.2) is 0 Å². The molecular formula is C21H19FN2O2S. The van der Waals surface area contributed by atoms with Crippen LogP contribution < -0.4 is 5.32 Å². The van der Waals surface area contributed by atoms with Gasteiger partial charge < -0.3 is 9.73 Å². The van der Waals surface area contributed by atoms with Gasteiger partial charge in [-0.2, -0.15) is 0 Å². The minimum atomic E-state index is -0.304. The number of carbonyl (C=O) groups is 1. The number of nitrogens with zero attached hydrogens (tertiary/aromatic N) is 1. The lowest BCUT2D eigenvalue weighted by atomic mass is 10.2. The average molecular weight is 382 g/mol. The van der Waals surface area contributed by atoms with Gasteiger partial charge in [-0.3, -0.25) is 4.79 Å². The Morgan fingerprint density at radius 1 is 1.19 bits per heavy atom. The van der Waals surface area contributed by atoms with Crippen molar-refractivity contribution in [1.29, 1.82) is 0 Å². The van der Waals surface area contributed by atoms with Crippen LogP contribution in [-0.4, -0.2) is 23.7 Å². The van der Waals surface area contributed by atoms with Crippen molar-refractivity contribution in [2.24, 2.45) is 0 Å². The van der Waals surface area contributed by atoms with E-state index in [1.807, 2.05) is 30.5 Å². The third-order valence-electron chi connectivity index (χ3n) is 3.87. The molecule has 27 heavy (non-hydrogen) atoms. The lowest BCUT2D eigenvalue weighted by Crippen LogP contribution is -2.23. The second-order valence-corrected chi connectivity index (χ2v) is 6.68. The standard InChI is InChI=1S/C21H19FN2O2S/c1-27-19-9-2-15(3-10-19)4-11-20(25)23-13-12-18-14-26-21(24-18)16-5-7-17(22)8-6-16/h2-11,14H,12-13H2,1H3,(H,23,25)/b11-4+. The van der Waals surface area contributed by atoms with Crippen molar-refractivity contribution in [3.8, 4) is 11.5 Å². The Bertz CT molecular complexity index is 918. The number of oxazole rings is 1. The summed E-state index contributed by atoms with van der Waals surface area (Å²) in [7, 11) is 0. The molecule has 0 aliphatic rings. The van der Waals surface area contributed by atoms with Gasteiger partial charge >= 0.3 is 0 Å². The van der Waals surface area contributed by atoms with Crippen LogP contribution in [0.4, 0.5) is 4.39 Å². The number of benzene rings is 2. The topological polar surface area (TPSA) is 55.1 Å². The van der Waals surface area contributed by atoms with Crippen molar-refractivity contribution in [3.05, 3.63) is 77.9 Å². The molecule has 0 aliphatic heterocycles. The summed E-state index contributed by atoms with van der Waals surface area (Å²) in [5, 5.41) is 2.82. The largest absolute Gasteiger partial charge is 0.444 e. The third kappa shape index (κ3) is 5.56. The zero-order valence-corrected chi connectivity index (χ0v) is 15.6. The highest BCUT2D eigenvalue weighted by Gasteiger charge is 2.07. The molecule has 0 aliphatic carbocycles. The van der Waals surface area contributed by atoms with Crippen molar-refractivity contribution in [3.63, 3.8) is 0 Å². The maximum absolute atomic E-state index is 13.0. The van der Waals surface area contributed by atoms with Crippen LogP contribution in [0.25, 0.3) is 17.5 Å². The van der Waals surface area contributed by atoms with E-state index in [9.17, 15) is 9.18 Å². The van der Waals surface area contributed by atoms with Crippen LogP contribution in [0.1, 0.15) is 11.3 Å². The zero-order chi connectivity index (χ0) is 19.1. The van der Waals surface area contributed by atoms with E-state index < -0.39 is 0 Å². The first-order valence-electron chi connectivity index (χ1n) is 8.44. The van der Waals surface area contributed by atoms with Crippen LogP contribution in [0.2, 0.25) is 0 Å². The molecule has 3 aromatic rings. The van der Waals surface area contributed by atoms with Crippen LogP contribution in [-0.2, 0) is 11.2 Å². The number of carbonyl (C=O) groups excluding carboxylic acids is 1. The van der Waals surface area contributed by atoms with Crippen molar-refractivity contribution in [1.82, 2.24) is 10.3 Å². The molecule has 1 amide bonds. The minimum Gasteiger partial charge on any atom is -0.444 e. The summed E-state index contributed by atoms with van der Waals surface area (Å²) in [6, 6.07) is 13.9. The van der Waals surface area contributed by atoms with Crippen LogP contribution in [0, 0.1) is 5.82 Å². The van der Waals surface area contributed by atoms with Gasteiger partial charge in [-0.1, -0.05) is 12.1 Å². The summed E-state index contributed by atoms with van der Waals surface area (Å²) in [6.45, 7) is 0.448. The molecule has 0 spiro atoms. The SMILES string of the molecule is CSc1ccc(/C=C/C(=O)NCCc2coc(-c3ccc(F)cc3)n2)cc1. The highest BCUT2D eigenvalue weighted by molar-refractivity contribution is 7.98. The first kappa shape index (κ1) is 18.9. The van der Waals surface area contributed by atoms with Gasteiger partial charge in [-0.25, -0.2) is 9.37 Å². The van der Waals surface area contributed by atoms with E-state index in [1.54, 1.807) is 36.2 Å². The maximum Gasteiger partial charge on any atom is 0.244 e. The predicted octanol–water partition coefficient (Wildman–Crippen LogP) is 4.57. The van der Waals surface area contributed by atoms with Crippen molar-refractivity contribution >= 4 is 23.7 Å². The monoisotopic (exact) mass is 382 g/mol. The first-order chi connectivity index (χ1) is 13.1. The number of hydrogen-bond acceptors (Lipinski definition) is 4.